The number of amides is 1. The van der Waals surface area contributed by atoms with E-state index in [1.54, 1.807) is 12.1 Å². The lowest BCUT2D eigenvalue weighted by Crippen LogP contribution is -2.42. The number of carbonyl (C=O) groups excluding carboxylic acids is 1. The molecule has 0 saturated heterocycles. The number of anilines is 1. The molecule has 0 aliphatic carbocycles. The van der Waals surface area contributed by atoms with Crippen molar-refractivity contribution in [2.45, 2.75) is 19.6 Å². The number of hydrogen-bond donors (Lipinski definition) is 0. The highest BCUT2D eigenvalue weighted by Crippen LogP contribution is 2.31. The van der Waals surface area contributed by atoms with Crippen LogP contribution in [0.1, 0.15) is 13.3 Å². The second-order valence-electron chi connectivity index (χ2n) is 4.46. The molecule has 0 bridgehead atoms. The predicted molar refractivity (Wildman–Crippen MR) is 75.7 cm³/mol. The van der Waals surface area contributed by atoms with Crippen LogP contribution in [-0.2, 0) is 4.79 Å². The summed E-state index contributed by atoms with van der Waals surface area (Å²) in [7, 11) is 0. The van der Waals surface area contributed by atoms with Crippen LogP contribution in [0.3, 0.4) is 0 Å². The fourth-order valence-corrected chi connectivity index (χ4v) is 2.02. The smallest absolute Gasteiger partial charge is 0.274 e. The van der Waals surface area contributed by atoms with Gasteiger partial charge in [0.05, 0.1) is 5.69 Å². The largest absolute Gasteiger partial charge is 0.491 e. The molecule has 0 heterocycles. The van der Waals surface area contributed by atoms with Crippen LogP contribution >= 0.6 is 0 Å². The van der Waals surface area contributed by atoms with Gasteiger partial charge in [-0.05, 0) is 23.3 Å². The van der Waals surface area contributed by atoms with Crippen molar-refractivity contribution < 1.29 is 18.0 Å². The molecule has 0 saturated carbocycles. The van der Waals surface area contributed by atoms with E-state index >= 15 is 0 Å². The minimum absolute atomic E-state index is 0.123. The monoisotopic (exact) mass is 293 g/mol. The number of hydrogen-bond acceptors (Lipinski definition) is 1. The Balaban J connectivity index is 2.35. The van der Waals surface area contributed by atoms with Crippen molar-refractivity contribution >= 4 is 11.6 Å². The summed E-state index contributed by atoms with van der Waals surface area (Å²) in [4.78, 5) is 11.4. The number of rotatable bonds is 3. The summed E-state index contributed by atoms with van der Waals surface area (Å²) in [6.45, 7) is 1.40. The van der Waals surface area contributed by atoms with Crippen molar-refractivity contribution in [1.29, 1.82) is 0 Å². The SMILES string of the molecule is CCC(=O)N(c1ccc(-c2ccccc2)cc1)C(F)(F)F. The Morgan fingerprint density at radius 1 is 0.952 bits per heavy atom. The molecule has 110 valence electrons. The van der Waals surface area contributed by atoms with E-state index in [4.69, 9.17) is 0 Å². The van der Waals surface area contributed by atoms with Gasteiger partial charge in [0.1, 0.15) is 0 Å². The van der Waals surface area contributed by atoms with E-state index in [9.17, 15) is 18.0 Å². The van der Waals surface area contributed by atoms with Crippen molar-refractivity contribution in [2.24, 2.45) is 0 Å². The van der Waals surface area contributed by atoms with E-state index in [-0.39, 0.29) is 17.0 Å². The first-order chi connectivity index (χ1) is 9.93. The molecule has 21 heavy (non-hydrogen) atoms. The van der Waals surface area contributed by atoms with Crippen LogP contribution in [0.5, 0.6) is 0 Å². The zero-order valence-corrected chi connectivity index (χ0v) is 11.4. The Kier molecular flexibility index (Phi) is 4.31. The number of halogens is 3. The van der Waals surface area contributed by atoms with Gasteiger partial charge >= 0.3 is 6.30 Å². The van der Waals surface area contributed by atoms with Gasteiger partial charge in [-0.25, -0.2) is 4.90 Å². The maximum atomic E-state index is 13.0. The summed E-state index contributed by atoms with van der Waals surface area (Å²) < 4.78 is 38.9. The van der Waals surface area contributed by atoms with Crippen molar-refractivity contribution in [3.05, 3.63) is 54.6 Å². The van der Waals surface area contributed by atoms with Gasteiger partial charge in [0.25, 0.3) is 0 Å². The number of nitrogens with zero attached hydrogens (tertiary/aromatic N) is 1. The van der Waals surface area contributed by atoms with Crippen molar-refractivity contribution in [1.82, 2.24) is 0 Å². The maximum Gasteiger partial charge on any atom is 0.491 e. The van der Waals surface area contributed by atoms with E-state index in [2.05, 4.69) is 0 Å². The summed E-state index contributed by atoms with van der Waals surface area (Å²) in [6, 6.07) is 15.1. The predicted octanol–water partition coefficient (Wildman–Crippen LogP) is 4.62. The molecule has 0 N–H and O–H groups in total. The second kappa shape index (κ2) is 5.99. The average molecular weight is 293 g/mol. The van der Waals surface area contributed by atoms with Crippen LogP contribution in [0.4, 0.5) is 18.9 Å². The third-order valence-electron chi connectivity index (χ3n) is 3.04. The molecule has 2 rings (SSSR count). The number of carbonyl (C=O) groups is 1. The molecule has 0 radical (unpaired) electrons. The van der Waals surface area contributed by atoms with Gasteiger partial charge in [0.15, 0.2) is 0 Å². The quantitative estimate of drug-likeness (QED) is 0.756. The average Bonchev–Trinajstić information content (AvgIpc) is 2.47. The van der Waals surface area contributed by atoms with Gasteiger partial charge in [-0.2, -0.15) is 0 Å². The summed E-state index contributed by atoms with van der Waals surface area (Å²) >= 11 is 0. The molecule has 2 nitrogen and oxygen atoms in total. The molecule has 2 aromatic rings. The summed E-state index contributed by atoms with van der Waals surface area (Å²) in [5.74, 6) is -0.977. The normalized spacial score (nSPS) is 11.2. The lowest BCUT2D eigenvalue weighted by atomic mass is 10.1. The molecule has 1 amide bonds. The van der Waals surface area contributed by atoms with Gasteiger partial charge in [0.2, 0.25) is 5.91 Å². The van der Waals surface area contributed by atoms with Crippen molar-refractivity contribution in [2.75, 3.05) is 4.90 Å². The van der Waals surface area contributed by atoms with E-state index in [0.29, 0.717) is 0 Å². The molecule has 0 aliphatic heterocycles. The first-order valence-electron chi connectivity index (χ1n) is 6.48. The van der Waals surface area contributed by atoms with Crippen LogP contribution in [-0.4, -0.2) is 12.2 Å². The molecule has 0 unspecified atom stereocenters. The molecular formula is C16H14F3NO. The summed E-state index contributed by atoms with van der Waals surface area (Å²) in [6.07, 6.45) is -4.93. The van der Waals surface area contributed by atoms with Crippen molar-refractivity contribution in [3.63, 3.8) is 0 Å². The Labute approximate surface area is 120 Å². The van der Waals surface area contributed by atoms with Gasteiger partial charge in [0, 0.05) is 6.42 Å². The number of alkyl halides is 3. The zero-order chi connectivity index (χ0) is 15.5. The molecule has 0 aliphatic rings. The molecule has 0 aromatic heterocycles. The highest BCUT2D eigenvalue weighted by molar-refractivity contribution is 5.94. The minimum atomic E-state index is -4.72. The third kappa shape index (κ3) is 3.42. The van der Waals surface area contributed by atoms with Crippen molar-refractivity contribution in [3.8, 4) is 11.1 Å². The first-order valence-corrected chi connectivity index (χ1v) is 6.48. The topological polar surface area (TPSA) is 20.3 Å². The maximum absolute atomic E-state index is 13.0. The zero-order valence-electron chi connectivity index (χ0n) is 11.4. The van der Waals surface area contributed by atoms with Crippen LogP contribution in [0, 0.1) is 0 Å². The van der Waals surface area contributed by atoms with Gasteiger partial charge in [-0.1, -0.05) is 49.4 Å². The molecule has 0 fully saturated rings. The van der Waals surface area contributed by atoms with E-state index < -0.39 is 12.2 Å². The third-order valence-corrected chi connectivity index (χ3v) is 3.04. The van der Waals surface area contributed by atoms with E-state index in [1.807, 2.05) is 30.3 Å². The molecule has 0 atom stereocenters. The Bertz CT molecular complexity index is 606. The second-order valence-corrected chi connectivity index (χ2v) is 4.46. The van der Waals surface area contributed by atoms with Crippen LogP contribution in [0.2, 0.25) is 0 Å². The summed E-state index contributed by atoms with van der Waals surface area (Å²) in [5.41, 5.74) is 1.53. The van der Waals surface area contributed by atoms with Gasteiger partial charge in [-0.15, -0.1) is 13.2 Å². The molecule has 5 heteroatoms. The molecular weight excluding hydrogens is 279 g/mol. The molecule has 2 aromatic carbocycles. The van der Waals surface area contributed by atoms with Crippen LogP contribution in [0.25, 0.3) is 11.1 Å². The van der Waals surface area contributed by atoms with E-state index in [1.165, 1.54) is 19.1 Å². The fourth-order valence-electron chi connectivity index (χ4n) is 2.02. The Morgan fingerprint density at radius 3 is 1.95 bits per heavy atom. The minimum Gasteiger partial charge on any atom is -0.274 e. The standard InChI is InChI=1S/C16H14F3NO/c1-2-15(21)20(16(17,18)19)14-10-8-13(9-11-14)12-6-4-3-5-7-12/h3-11H,2H2,1H3. The van der Waals surface area contributed by atoms with Crippen LogP contribution < -0.4 is 4.90 Å². The Hall–Kier alpha value is -2.30. The molecule has 0 spiro atoms. The number of benzene rings is 2. The van der Waals surface area contributed by atoms with Gasteiger partial charge < -0.3 is 0 Å². The van der Waals surface area contributed by atoms with Crippen LogP contribution in [0.15, 0.2) is 54.6 Å². The highest BCUT2D eigenvalue weighted by Gasteiger charge is 2.41. The first kappa shape index (κ1) is 15.1. The summed E-state index contributed by atoms with van der Waals surface area (Å²) in [5, 5.41) is 0. The van der Waals surface area contributed by atoms with Gasteiger partial charge in [-0.3, -0.25) is 4.79 Å². The highest BCUT2D eigenvalue weighted by atomic mass is 19.4. The Morgan fingerprint density at radius 2 is 1.48 bits per heavy atom. The fraction of sp³-hybridized carbons (Fsp3) is 0.188. The lowest BCUT2D eigenvalue weighted by Gasteiger charge is -2.24. The lowest BCUT2D eigenvalue weighted by molar-refractivity contribution is -0.149. The van der Waals surface area contributed by atoms with E-state index in [0.717, 1.165) is 11.1 Å².